The SMILES string of the molecule is COc1cc(OC)c(C=CS(=O)(=O)Nc2ccc(OC)c(NC(=O)c3cc([N+](=O)[O-])cc([N+](=O)[O-])c3)c2)c(OC)c1. The zero-order chi connectivity index (χ0) is 30.3. The summed E-state index contributed by atoms with van der Waals surface area (Å²) < 4.78 is 49.1. The Morgan fingerprint density at radius 1 is 0.805 bits per heavy atom. The summed E-state index contributed by atoms with van der Waals surface area (Å²) in [5.41, 5.74) is -1.36. The van der Waals surface area contributed by atoms with Crippen LogP contribution in [0.1, 0.15) is 15.9 Å². The van der Waals surface area contributed by atoms with Gasteiger partial charge in [-0.05, 0) is 24.3 Å². The maximum atomic E-state index is 12.9. The highest BCUT2D eigenvalue weighted by Gasteiger charge is 2.21. The van der Waals surface area contributed by atoms with E-state index in [1.165, 1.54) is 52.7 Å². The van der Waals surface area contributed by atoms with Crippen LogP contribution in [0.15, 0.2) is 53.9 Å². The number of nitro groups is 2. The molecule has 0 spiro atoms. The van der Waals surface area contributed by atoms with Gasteiger partial charge >= 0.3 is 0 Å². The molecule has 0 aromatic heterocycles. The van der Waals surface area contributed by atoms with Crippen LogP contribution in [0.4, 0.5) is 22.7 Å². The number of amides is 1. The smallest absolute Gasteiger partial charge is 0.277 e. The van der Waals surface area contributed by atoms with E-state index in [1.807, 2.05) is 0 Å². The second kappa shape index (κ2) is 12.6. The van der Waals surface area contributed by atoms with Crippen LogP contribution in [-0.4, -0.2) is 52.6 Å². The maximum absolute atomic E-state index is 12.9. The molecule has 16 heteroatoms. The van der Waals surface area contributed by atoms with E-state index in [-0.39, 0.29) is 22.7 Å². The highest BCUT2D eigenvalue weighted by atomic mass is 32.2. The fraction of sp³-hybridized carbons (Fsp3) is 0.160. The van der Waals surface area contributed by atoms with Gasteiger partial charge in [0, 0.05) is 24.3 Å². The van der Waals surface area contributed by atoms with Crippen LogP contribution in [0, 0.1) is 20.2 Å². The second-order valence-corrected chi connectivity index (χ2v) is 9.58. The third-order valence-corrected chi connectivity index (χ3v) is 6.48. The maximum Gasteiger partial charge on any atom is 0.277 e. The molecule has 0 radical (unpaired) electrons. The number of sulfonamides is 1. The first-order valence-electron chi connectivity index (χ1n) is 11.4. The van der Waals surface area contributed by atoms with Crippen LogP contribution < -0.4 is 29.0 Å². The molecule has 3 rings (SSSR count). The fourth-order valence-corrected chi connectivity index (χ4v) is 4.39. The number of ether oxygens (including phenoxy) is 4. The molecule has 0 bridgehead atoms. The van der Waals surface area contributed by atoms with Crippen LogP contribution in [0.5, 0.6) is 23.0 Å². The topological polar surface area (TPSA) is 198 Å². The van der Waals surface area contributed by atoms with Crippen LogP contribution in [-0.2, 0) is 10.0 Å². The van der Waals surface area contributed by atoms with Crippen LogP contribution in [0.3, 0.4) is 0 Å². The summed E-state index contributed by atoms with van der Waals surface area (Å²) in [6, 6.07) is 9.53. The predicted molar refractivity (Wildman–Crippen MR) is 148 cm³/mol. The van der Waals surface area contributed by atoms with Gasteiger partial charge in [0.05, 0.1) is 72.3 Å². The second-order valence-electron chi connectivity index (χ2n) is 8.02. The van der Waals surface area contributed by atoms with Crippen LogP contribution in [0.2, 0.25) is 0 Å². The third-order valence-electron chi connectivity index (χ3n) is 5.46. The predicted octanol–water partition coefficient (Wildman–Crippen LogP) is 4.20. The number of benzene rings is 3. The number of nitro benzene ring substituents is 2. The lowest BCUT2D eigenvalue weighted by molar-refractivity contribution is -0.394. The summed E-state index contributed by atoms with van der Waals surface area (Å²) in [7, 11) is 1.43. The molecule has 0 fully saturated rings. The van der Waals surface area contributed by atoms with Gasteiger partial charge in [0.2, 0.25) is 0 Å². The number of hydrogen-bond donors (Lipinski definition) is 2. The normalized spacial score (nSPS) is 11.0. The average Bonchev–Trinajstić information content (AvgIpc) is 2.95. The summed E-state index contributed by atoms with van der Waals surface area (Å²) in [4.78, 5) is 33.5. The number of rotatable bonds is 12. The quantitative estimate of drug-likeness (QED) is 0.227. The van der Waals surface area contributed by atoms with Gasteiger partial charge in [-0.25, -0.2) is 8.42 Å². The summed E-state index contributed by atoms with van der Waals surface area (Å²) in [6.07, 6.45) is 1.26. The standard InChI is InChI=1S/C25H24N4O11S/c1-37-19-13-23(39-3)20(24(14-19)40-4)7-8-41(35,36)27-16-5-6-22(38-2)21(11-16)26-25(30)15-9-17(28(31)32)12-18(10-15)29(33)34/h5-14,27H,1-4H3,(H,26,30). The lowest BCUT2D eigenvalue weighted by Crippen LogP contribution is -2.14. The van der Waals surface area contributed by atoms with Gasteiger partial charge in [-0.3, -0.25) is 29.7 Å². The summed E-state index contributed by atoms with van der Waals surface area (Å²) in [5, 5.41) is 25.7. The van der Waals surface area contributed by atoms with Gasteiger partial charge in [-0.2, -0.15) is 0 Å². The Hall–Kier alpha value is -5.38. The highest BCUT2D eigenvalue weighted by molar-refractivity contribution is 7.95. The first kappa shape index (κ1) is 30.2. The van der Waals surface area contributed by atoms with Gasteiger partial charge in [0.15, 0.2) is 0 Å². The molecule has 216 valence electrons. The van der Waals surface area contributed by atoms with Crippen molar-refractivity contribution < 1.29 is 42.0 Å². The summed E-state index contributed by atoms with van der Waals surface area (Å²) >= 11 is 0. The van der Waals surface area contributed by atoms with Gasteiger partial charge in [0.1, 0.15) is 23.0 Å². The number of carbonyl (C=O) groups excluding carboxylic acids is 1. The minimum atomic E-state index is -4.12. The van der Waals surface area contributed by atoms with Gasteiger partial charge in [-0.1, -0.05) is 0 Å². The van der Waals surface area contributed by atoms with E-state index in [0.717, 1.165) is 23.6 Å². The van der Waals surface area contributed by atoms with Crippen molar-refractivity contribution in [2.24, 2.45) is 0 Å². The van der Waals surface area contributed by atoms with E-state index in [2.05, 4.69) is 10.0 Å². The molecule has 3 aromatic rings. The Morgan fingerprint density at radius 2 is 1.37 bits per heavy atom. The molecule has 3 aromatic carbocycles. The highest BCUT2D eigenvalue weighted by Crippen LogP contribution is 2.35. The Balaban J connectivity index is 1.90. The first-order valence-corrected chi connectivity index (χ1v) is 12.9. The van der Waals surface area contributed by atoms with E-state index >= 15 is 0 Å². The molecule has 2 N–H and O–H groups in total. The van der Waals surface area contributed by atoms with E-state index in [1.54, 1.807) is 12.1 Å². The number of nitrogens with one attached hydrogen (secondary N) is 2. The van der Waals surface area contributed by atoms with Gasteiger partial charge < -0.3 is 24.3 Å². The molecule has 0 aliphatic heterocycles. The molecule has 0 saturated carbocycles. The van der Waals surface area contributed by atoms with Crippen molar-refractivity contribution in [3.8, 4) is 23.0 Å². The molecule has 0 atom stereocenters. The summed E-state index contributed by atoms with van der Waals surface area (Å²) in [5.74, 6) is 0.203. The molecule has 0 aliphatic carbocycles. The minimum absolute atomic E-state index is 0.0180. The Kier molecular flexibility index (Phi) is 9.31. The lowest BCUT2D eigenvalue weighted by Gasteiger charge is -2.14. The molecule has 0 saturated heterocycles. The van der Waals surface area contributed by atoms with Crippen LogP contribution >= 0.6 is 0 Å². The number of hydrogen-bond acceptors (Lipinski definition) is 11. The molecule has 15 nitrogen and oxygen atoms in total. The number of non-ortho nitro benzene ring substituents is 2. The molecular formula is C25H24N4O11S. The zero-order valence-corrected chi connectivity index (χ0v) is 22.9. The molecular weight excluding hydrogens is 564 g/mol. The van der Waals surface area contributed by atoms with E-state index in [0.29, 0.717) is 22.8 Å². The van der Waals surface area contributed by atoms with Crippen LogP contribution in [0.25, 0.3) is 6.08 Å². The molecule has 0 heterocycles. The van der Waals surface area contributed by atoms with E-state index in [4.69, 9.17) is 18.9 Å². The average molecular weight is 589 g/mol. The molecule has 0 aliphatic rings. The summed E-state index contributed by atoms with van der Waals surface area (Å²) in [6.45, 7) is 0. The number of nitrogens with zero attached hydrogens (tertiary/aromatic N) is 2. The van der Waals surface area contributed by atoms with Gasteiger partial charge in [-0.15, -0.1) is 0 Å². The minimum Gasteiger partial charge on any atom is -0.496 e. The number of anilines is 2. The van der Waals surface area contributed by atoms with Crippen molar-refractivity contribution in [2.45, 2.75) is 0 Å². The fourth-order valence-electron chi connectivity index (χ4n) is 3.55. The zero-order valence-electron chi connectivity index (χ0n) is 22.1. The van der Waals surface area contributed by atoms with E-state index in [9.17, 15) is 33.4 Å². The van der Waals surface area contributed by atoms with Gasteiger partial charge in [0.25, 0.3) is 27.3 Å². The molecule has 0 unspecified atom stereocenters. The van der Waals surface area contributed by atoms with Crippen molar-refractivity contribution in [1.82, 2.24) is 0 Å². The largest absolute Gasteiger partial charge is 0.496 e. The van der Waals surface area contributed by atoms with Crippen molar-refractivity contribution in [1.29, 1.82) is 0 Å². The number of carbonyl (C=O) groups is 1. The Labute approximate surface area is 233 Å². The monoisotopic (exact) mass is 588 g/mol. The van der Waals surface area contributed by atoms with Crippen molar-refractivity contribution in [3.63, 3.8) is 0 Å². The first-order chi connectivity index (χ1) is 19.4. The van der Waals surface area contributed by atoms with Crippen molar-refractivity contribution in [2.75, 3.05) is 38.5 Å². The Morgan fingerprint density at radius 3 is 1.85 bits per heavy atom. The third kappa shape index (κ3) is 7.39. The lowest BCUT2D eigenvalue weighted by atomic mass is 10.1. The van der Waals surface area contributed by atoms with E-state index < -0.39 is 37.2 Å². The molecule has 1 amide bonds. The number of methoxy groups -OCH3 is 4. The van der Waals surface area contributed by atoms with Crippen molar-refractivity contribution >= 4 is 44.8 Å². The molecule has 41 heavy (non-hydrogen) atoms. The van der Waals surface area contributed by atoms with Crippen molar-refractivity contribution in [3.05, 3.63) is 85.3 Å². The Bertz CT molecular complexity index is 1580.